The Morgan fingerprint density at radius 2 is 1.45 bits per heavy atom. The maximum atomic E-state index is 12.9. The van der Waals surface area contributed by atoms with Crippen LogP contribution >= 0.6 is 0 Å². The van der Waals surface area contributed by atoms with E-state index in [1.54, 1.807) is 0 Å². The minimum absolute atomic E-state index is 0.0854. The van der Waals surface area contributed by atoms with Crippen molar-refractivity contribution in [3.63, 3.8) is 0 Å². The number of nitrogens with zero attached hydrogens (tertiary/aromatic N) is 3. The molecule has 1 amide bonds. The first kappa shape index (κ1) is 22.2. The molecule has 2 aliphatic heterocycles. The van der Waals surface area contributed by atoms with E-state index in [0.717, 1.165) is 41.8 Å². The topological polar surface area (TPSA) is 140 Å². The number of carbonyl (C=O) groups excluding carboxylic acids is 1. The van der Waals surface area contributed by atoms with E-state index in [0.29, 0.717) is 25.3 Å². The number of hydrogen-bond acceptors (Lipinski definition) is 3. The standard InChI is InChI=1S/C24H30N8O/c1-30-15-19(18-8-12-32(13-9-18)24(27)28)14-21(30)22(33)29-20-4-2-16(3-5-20)17-6-10-31(11-7-17)23(25)26/h2-6,8,14-15H,7,9-13H2,1H3,(H3,25,26)(H3,27,28)(H,29,33). The second kappa shape index (κ2) is 9.23. The van der Waals surface area contributed by atoms with Gasteiger partial charge >= 0.3 is 0 Å². The van der Waals surface area contributed by atoms with Gasteiger partial charge in [-0.2, -0.15) is 0 Å². The minimum atomic E-state index is -0.160. The lowest BCUT2D eigenvalue weighted by Crippen LogP contribution is -2.39. The maximum absolute atomic E-state index is 12.9. The van der Waals surface area contributed by atoms with Crippen LogP contribution in [0.2, 0.25) is 0 Å². The van der Waals surface area contributed by atoms with E-state index in [-0.39, 0.29) is 17.8 Å². The monoisotopic (exact) mass is 446 g/mol. The zero-order valence-electron chi connectivity index (χ0n) is 18.8. The fraction of sp³-hybridized carbons (Fsp3) is 0.292. The predicted molar refractivity (Wildman–Crippen MR) is 132 cm³/mol. The molecule has 3 heterocycles. The molecule has 1 aromatic carbocycles. The van der Waals surface area contributed by atoms with Gasteiger partial charge in [-0.3, -0.25) is 15.6 Å². The van der Waals surface area contributed by atoms with E-state index in [2.05, 4.69) is 17.5 Å². The fourth-order valence-corrected chi connectivity index (χ4v) is 4.23. The minimum Gasteiger partial charge on any atom is -0.370 e. The SMILES string of the molecule is Cn1cc(C2=CCN(C(=N)N)CC2)cc1C(=O)Nc1ccc(C2=CCN(C(=N)N)CC2)cc1. The van der Waals surface area contributed by atoms with Crippen LogP contribution in [0.3, 0.4) is 0 Å². The molecule has 0 fully saturated rings. The number of aromatic nitrogens is 1. The summed E-state index contributed by atoms with van der Waals surface area (Å²) >= 11 is 0. The van der Waals surface area contributed by atoms with Gasteiger partial charge in [0.1, 0.15) is 5.69 Å². The van der Waals surface area contributed by atoms with Crippen LogP contribution in [-0.2, 0) is 7.05 Å². The Labute approximate surface area is 193 Å². The van der Waals surface area contributed by atoms with Gasteiger partial charge in [-0.15, -0.1) is 0 Å². The molecule has 4 rings (SSSR count). The van der Waals surface area contributed by atoms with Crippen molar-refractivity contribution < 1.29 is 4.79 Å². The van der Waals surface area contributed by atoms with Crippen LogP contribution in [0.5, 0.6) is 0 Å². The first-order chi connectivity index (χ1) is 15.8. The molecule has 2 aromatic rings. The van der Waals surface area contributed by atoms with Gasteiger partial charge in [0, 0.05) is 45.1 Å². The molecule has 0 spiro atoms. The smallest absolute Gasteiger partial charge is 0.272 e. The van der Waals surface area contributed by atoms with Crippen molar-refractivity contribution in [3.8, 4) is 0 Å². The molecular weight excluding hydrogens is 416 g/mol. The molecule has 0 radical (unpaired) electrons. The van der Waals surface area contributed by atoms with Crippen molar-refractivity contribution in [2.45, 2.75) is 12.8 Å². The van der Waals surface area contributed by atoms with Crippen LogP contribution in [-0.4, -0.2) is 58.4 Å². The summed E-state index contributed by atoms with van der Waals surface area (Å²) in [5.74, 6) is 0.0273. The van der Waals surface area contributed by atoms with Gasteiger partial charge in [0.15, 0.2) is 11.9 Å². The van der Waals surface area contributed by atoms with Crippen molar-refractivity contribution >= 4 is 34.7 Å². The summed E-state index contributed by atoms with van der Waals surface area (Å²) in [4.78, 5) is 16.5. The molecule has 1 aromatic heterocycles. The lowest BCUT2D eigenvalue weighted by molar-refractivity contribution is 0.101. The van der Waals surface area contributed by atoms with E-state index in [1.165, 1.54) is 5.57 Å². The van der Waals surface area contributed by atoms with E-state index in [1.807, 2.05) is 57.9 Å². The van der Waals surface area contributed by atoms with Crippen LogP contribution in [0.1, 0.15) is 34.5 Å². The normalized spacial score (nSPS) is 16.2. The number of guanidine groups is 2. The number of hydrogen-bond donors (Lipinski definition) is 5. The van der Waals surface area contributed by atoms with Gasteiger partial charge in [0.2, 0.25) is 0 Å². The van der Waals surface area contributed by atoms with Crippen LogP contribution in [0.4, 0.5) is 5.69 Å². The number of nitrogens with two attached hydrogens (primary N) is 2. The molecule has 0 unspecified atom stereocenters. The van der Waals surface area contributed by atoms with Crippen molar-refractivity contribution in [2.24, 2.45) is 18.5 Å². The highest BCUT2D eigenvalue weighted by Gasteiger charge is 2.18. The summed E-state index contributed by atoms with van der Waals surface area (Å²) < 4.78 is 1.84. The van der Waals surface area contributed by atoms with Gasteiger partial charge in [-0.1, -0.05) is 24.3 Å². The number of nitrogens with one attached hydrogen (secondary N) is 3. The van der Waals surface area contributed by atoms with Crippen LogP contribution in [0.25, 0.3) is 11.1 Å². The van der Waals surface area contributed by atoms with Crippen LogP contribution in [0.15, 0.2) is 48.7 Å². The molecule has 0 saturated carbocycles. The number of anilines is 1. The van der Waals surface area contributed by atoms with Gasteiger partial charge < -0.3 is 31.2 Å². The lowest BCUT2D eigenvalue weighted by atomic mass is 9.99. The highest BCUT2D eigenvalue weighted by molar-refractivity contribution is 6.04. The average molecular weight is 447 g/mol. The highest BCUT2D eigenvalue weighted by atomic mass is 16.1. The number of rotatable bonds is 4. The Hall–Kier alpha value is -4.01. The molecule has 0 aliphatic carbocycles. The zero-order valence-corrected chi connectivity index (χ0v) is 18.8. The van der Waals surface area contributed by atoms with Crippen molar-refractivity contribution in [2.75, 3.05) is 31.5 Å². The zero-order chi connectivity index (χ0) is 23.5. The first-order valence-electron chi connectivity index (χ1n) is 11.0. The van der Waals surface area contributed by atoms with Gasteiger partial charge in [0.25, 0.3) is 5.91 Å². The second-order valence-corrected chi connectivity index (χ2v) is 8.38. The van der Waals surface area contributed by atoms with Crippen LogP contribution in [0, 0.1) is 10.8 Å². The first-order valence-corrected chi connectivity index (χ1v) is 11.0. The average Bonchev–Trinajstić information content (AvgIpc) is 3.21. The molecular formula is C24H30N8O. The fourth-order valence-electron chi connectivity index (χ4n) is 4.23. The van der Waals surface area contributed by atoms with Gasteiger partial charge in [-0.05, 0) is 53.3 Å². The summed E-state index contributed by atoms with van der Waals surface area (Å²) in [7, 11) is 1.87. The maximum Gasteiger partial charge on any atom is 0.272 e. The van der Waals surface area contributed by atoms with Crippen molar-refractivity contribution in [3.05, 3.63) is 65.5 Å². The Morgan fingerprint density at radius 1 is 0.909 bits per heavy atom. The summed E-state index contributed by atoms with van der Waals surface area (Å²) in [5.41, 5.74) is 17.0. The molecule has 2 aliphatic rings. The quantitative estimate of drug-likeness (QED) is 0.362. The van der Waals surface area contributed by atoms with E-state index in [9.17, 15) is 4.79 Å². The van der Waals surface area contributed by atoms with Crippen molar-refractivity contribution in [1.82, 2.24) is 14.4 Å². The van der Waals surface area contributed by atoms with E-state index in [4.69, 9.17) is 22.3 Å². The van der Waals surface area contributed by atoms with E-state index >= 15 is 0 Å². The number of aryl methyl sites for hydroxylation is 1. The number of carbonyl (C=O) groups is 1. The number of benzene rings is 1. The molecule has 9 heteroatoms. The summed E-state index contributed by atoms with van der Waals surface area (Å²) in [6.45, 7) is 2.69. The largest absolute Gasteiger partial charge is 0.370 e. The third-order valence-electron chi connectivity index (χ3n) is 6.22. The molecule has 172 valence electrons. The van der Waals surface area contributed by atoms with Crippen LogP contribution < -0.4 is 16.8 Å². The predicted octanol–water partition coefficient (Wildman–Crippen LogP) is 2.24. The van der Waals surface area contributed by atoms with Gasteiger partial charge in [0.05, 0.1) is 0 Å². The molecule has 9 nitrogen and oxygen atoms in total. The molecule has 33 heavy (non-hydrogen) atoms. The lowest BCUT2D eigenvalue weighted by Gasteiger charge is -2.26. The van der Waals surface area contributed by atoms with Crippen molar-refractivity contribution in [1.29, 1.82) is 10.8 Å². The second-order valence-electron chi connectivity index (χ2n) is 8.38. The summed E-state index contributed by atoms with van der Waals surface area (Å²) in [6, 6.07) is 9.75. The Morgan fingerprint density at radius 3 is 1.94 bits per heavy atom. The molecule has 0 saturated heterocycles. The summed E-state index contributed by atoms with van der Waals surface area (Å²) in [6.07, 6.45) is 7.74. The molecule has 0 bridgehead atoms. The molecule has 0 atom stereocenters. The summed E-state index contributed by atoms with van der Waals surface area (Å²) in [5, 5.41) is 18.1. The number of amides is 1. The van der Waals surface area contributed by atoms with E-state index < -0.39 is 0 Å². The Kier molecular flexibility index (Phi) is 6.21. The Balaban J connectivity index is 1.41. The molecule has 7 N–H and O–H groups in total. The highest BCUT2D eigenvalue weighted by Crippen LogP contribution is 2.26. The third-order valence-corrected chi connectivity index (χ3v) is 6.22. The third kappa shape index (κ3) is 4.92. The van der Waals surface area contributed by atoms with Gasteiger partial charge in [-0.25, -0.2) is 0 Å². The Bertz CT molecular complexity index is 1140.